The molecule has 3 aromatic carbocycles. The van der Waals surface area contributed by atoms with Gasteiger partial charge in [0.05, 0.1) is 18.4 Å². The van der Waals surface area contributed by atoms with Crippen molar-refractivity contribution in [3.8, 4) is 35.1 Å². The van der Waals surface area contributed by atoms with Gasteiger partial charge in [-0.25, -0.2) is 17.9 Å². The van der Waals surface area contributed by atoms with E-state index in [4.69, 9.17) is 15.2 Å². The fourth-order valence-electron chi connectivity index (χ4n) is 3.46. The van der Waals surface area contributed by atoms with Crippen molar-refractivity contribution < 1.29 is 31.4 Å². The quantitative estimate of drug-likeness (QED) is 0.146. The van der Waals surface area contributed by atoms with Gasteiger partial charge in [0, 0.05) is 0 Å². The Morgan fingerprint density at radius 1 is 0.921 bits per heavy atom. The van der Waals surface area contributed by atoms with Crippen LogP contribution in [0.5, 0.6) is 17.2 Å². The Bertz CT molecular complexity index is 1640. The van der Waals surface area contributed by atoms with Gasteiger partial charge in [-0.3, -0.25) is 0 Å². The molecule has 0 bridgehead atoms. The highest BCUT2D eigenvalue weighted by Crippen LogP contribution is 2.38. The van der Waals surface area contributed by atoms with Crippen LogP contribution < -0.4 is 15.2 Å². The highest BCUT2D eigenvalue weighted by molar-refractivity contribution is 5.91. The summed E-state index contributed by atoms with van der Waals surface area (Å²) in [6, 6.07) is 16.3. The van der Waals surface area contributed by atoms with Crippen LogP contribution in [0.2, 0.25) is 0 Å². The number of hydrogen-bond donors (Lipinski definition) is 1. The normalized spacial score (nSPS) is 11.1. The Hall–Kier alpha value is -5.36. The minimum atomic E-state index is -2.32. The molecular formula is C26H14F5N5O2. The number of ether oxygens (including phenoxy) is 2. The molecule has 0 atom stereocenters. The van der Waals surface area contributed by atoms with Crippen LogP contribution >= 0.6 is 0 Å². The van der Waals surface area contributed by atoms with Crippen molar-refractivity contribution in [3.05, 3.63) is 94.4 Å². The largest absolute Gasteiger partial charge is 0.493 e. The van der Waals surface area contributed by atoms with Gasteiger partial charge in [-0.2, -0.15) is 24.4 Å². The molecule has 0 aliphatic carbocycles. The van der Waals surface area contributed by atoms with Gasteiger partial charge in [-0.1, -0.05) is 24.3 Å². The number of methoxy groups -OCH3 is 1. The second-order valence-corrected chi connectivity index (χ2v) is 7.55. The molecule has 0 aliphatic heterocycles. The molecule has 190 valence electrons. The first-order valence-corrected chi connectivity index (χ1v) is 10.5. The minimum Gasteiger partial charge on any atom is -0.493 e. The number of benzene rings is 3. The molecule has 0 saturated carbocycles. The van der Waals surface area contributed by atoms with Gasteiger partial charge in [0.1, 0.15) is 29.2 Å². The van der Waals surface area contributed by atoms with Gasteiger partial charge in [-0.05, 0) is 35.9 Å². The van der Waals surface area contributed by atoms with Crippen molar-refractivity contribution in [1.29, 1.82) is 10.5 Å². The summed E-state index contributed by atoms with van der Waals surface area (Å²) in [4.78, 5) is 0. The van der Waals surface area contributed by atoms with E-state index in [-0.39, 0.29) is 34.1 Å². The molecule has 1 aromatic heterocycles. The van der Waals surface area contributed by atoms with E-state index in [0.29, 0.717) is 11.3 Å². The molecule has 0 amide bonds. The number of allylic oxidation sites excluding steroid dienone is 1. The number of aromatic nitrogens is 2. The maximum absolute atomic E-state index is 14.1. The summed E-state index contributed by atoms with van der Waals surface area (Å²) in [5, 5.41) is 23.7. The van der Waals surface area contributed by atoms with Gasteiger partial charge in [0.2, 0.25) is 34.8 Å². The molecule has 38 heavy (non-hydrogen) atoms. The second-order valence-electron chi connectivity index (χ2n) is 7.55. The zero-order chi connectivity index (χ0) is 27.6. The third kappa shape index (κ3) is 4.47. The lowest BCUT2D eigenvalue weighted by Crippen LogP contribution is -2.04. The number of rotatable bonds is 6. The van der Waals surface area contributed by atoms with Crippen LogP contribution in [0.1, 0.15) is 16.8 Å². The number of nitrogens with zero attached hydrogens (tertiary/aromatic N) is 4. The first kappa shape index (κ1) is 25.7. The van der Waals surface area contributed by atoms with Crippen molar-refractivity contribution in [2.24, 2.45) is 0 Å². The van der Waals surface area contributed by atoms with Crippen LogP contribution in [-0.4, -0.2) is 16.9 Å². The van der Waals surface area contributed by atoms with Crippen molar-refractivity contribution >= 4 is 17.5 Å². The third-order valence-corrected chi connectivity index (χ3v) is 5.29. The van der Waals surface area contributed by atoms with Crippen molar-refractivity contribution in [2.45, 2.75) is 0 Å². The van der Waals surface area contributed by atoms with Gasteiger partial charge < -0.3 is 15.2 Å². The molecule has 0 fully saturated rings. The standard InChI is InChI=1S/C26H14F5N5O2/c1-37-18-10-13(7-8-17(18)38-25-22(30)20(28)19(27)21(29)23(25)31)9-14(11-32)24-16(12-33)26(34)36(35-24)15-5-3-2-4-6-15/h2-10H,34H2,1H3/b14-9+. The highest BCUT2D eigenvalue weighted by Gasteiger charge is 2.28. The summed E-state index contributed by atoms with van der Waals surface area (Å²) in [7, 11) is 1.18. The third-order valence-electron chi connectivity index (χ3n) is 5.29. The van der Waals surface area contributed by atoms with Crippen LogP contribution in [-0.2, 0) is 0 Å². The number of halogens is 5. The van der Waals surface area contributed by atoms with E-state index in [2.05, 4.69) is 5.10 Å². The minimum absolute atomic E-state index is 0.00273. The Morgan fingerprint density at radius 3 is 2.13 bits per heavy atom. The van der Waals surface area contributed by atoms with Gasteiger partial charge in [0.15, 0.2) is 11.5 Å². The van der Waals surface area contributed by atoms with E-state index in [1.165, 1.54) is 30.0 Å². The zero-order valence-corrected chi connectivity index (χ0v) is 19.3. The molecule has 2 N–H and O–H groups in total. The van der Waals surface area contributed by atoms with E-state index < -0.39 is 34.8 Å². The van der Waals surface area contributed by atoms with E-state index in [9.17, 15) is 32.5 Å². The lowest BCUT2D eigenvalue weighted by Gasteiger charge is -2.13. The van der Waals surface area contributed by atoms with Crippen LogP contribution in [0.25, 0.3) is 17.3 Å². The topological polar surface area (TPSA) is 110 Å². The van der Waals surface area contributed by atoms with E-state index in [1.807, 2.05) is 12.1 Å². The maximum atomic E-state index is 14.1. The molecule has 4 aromatic rings. The molecule has 0 saturated heterocycles. The average molecular weight is 523 g/mol. The number of nitriles is 2. The number of anilines is 1. The van der Waals surface area contributed by atoms with E-state index in [1.54, 1.807) is 30.3 Å². The van der Waals surface area contributed by atoms with Crippen LogP contribution in [0, 0.1) is 51.7 Å². The summed E-state index contributed by atoms with van der Waals surface area (Å²) in [6.45, 7) is 0. The zero-order valence-electron chi connectivity index (χ0n) is 19.3. The summed E-state index contributed by atoms with van der Waals surface area (Å²) in [6.07, 6.45) is 1.34. The van der Waals surface area contributed by atoms with Crippen molar-refractivity contribution in [2.75, 3.05) is 12.8 Å². The molecule has 0 aliphatic rings. The average Bonchev–Trinajstić information content (AvgIpc) is 3.28. The second kappa shape index (κ2) is 10.3. The van der Waals surface area contributed by atoms with Gasteiger partial charge >= 0.3 is 0 Å². The van der Waals surface area contributed by atoms with Crippen LogP contribution in [0.15, 0.2) is 48.5 Å². The molecule has 7 nitrogen and oxygen atoms in total. The van der Waals surface area contributed by atoms with Crippen molar-refractivity contribution in [3.63, 3.8) is 0 Å². The fraction of sp³-hybridized carbons (Fsp3) is 0.0385. The molecule has 4 rings (SSSR count). The van der Waals surface area contributed by atoms with Crippen LogP contribution in [0.3, 0.4) is 0 Å². The molecular weight excluding hydrogens is 509 g/mol. The van der Waals surface area contributed by atoms with E-state index in [0.717, 1.165) is 6.07 Å². The fourth-order valence-corrected chi connectivity index (χ4v) is 3.46. The van der Waals surface area contributed by atoms with Gasteiger partial charge in [0.25, 0.3) is 0 Å². The summed E-state index contributed by atoms with van der Waals surface area (Å²) in [5.41, 5.74) is 6.84. The first-order chi connectivity index (χ1) is 18.2. The summed E-state index contributed by atoms with van der Waals surface area (Å²) >= 11 is 0. The lowest BCUT2D eigenvalue weighted by molar-refractivity contribution is 0.321. The molecule has 0 spiro atoms. The number of para-hydroxylation sites is 1. The molecule has 12 heteroatoms. The van der Waals surface area contributed by atoms with Gasteiger partial charge in [-0.15, -0.1) is 0 Å². The van der Waals surface area contributed by atoms with E-state index >= 15 is 0 Å². The van der Waals surface area contributed by atoms with Crippen molar-refractivity contribution in [1.82, 2.24) is 9.78 Å². The SMILES string of the molecule is COc1cc(/C=C(\C#N)c2nn(-c3ccccc3)c(N)c2C#N)ccc1Oc1c(F)c(F)c(F)c(F)c1F. The molecule has 1 heterocycles. The molecule has 0 unspecified atom stereocenters. The predicted octanol–water partition coefficient (Wildman–Crippen LogP) is 5.89. The summed E-state index contributed by atoms with van der Waals surface area (Å²) < 4.78 is 80.0. The number of hydrogen-bond acceptors (Lipinski definition) is 6. The van der Waals surface area contributed by atoms with Crippen LogP contribution in [0.4, 0.5) is 27.8 Å². The Balaban J connectivity index is 1.75. The maximum Gasteiger partial charge on any atom is 0.207 e. The smallest absolute Gasteiger partial charge is 0.207 e. The Kier molecular flexibility index (Phi) is 6.99. The first-order valence-electron chi connectivity index (χ1n) is 10.5. The Morgan fingerprint density at radius 2 is 1.55 bits per heavy atom. The Labute approximate surface area is 212 Å². The number of nitrogens with two attached hydrogens (primary N) is 1. The highest BCUT2D eigenvalue weighted by atomic mass is 19.2. The summed E-state index contributed by atoms with van der Waals surface area (Å²) in [5.74, 6) is -13.0. The number of nitrogen functional groups attached to an aromatic ring is 1. The predicted molar refractivity (Wildman–Crippen MR) is 125 cm³/mol. The monoisotopic (exact) mass is 523 g/mol. The molecule has 0 radical (unpaired) electrons. The lowest BCUT2D eigenvalue weighted by atomic mass is 10.1.